The van der Waals surface area contributed by atoms with Crippen LogP contribution in [0.2, 0.25) is 0 Å². The molecule has 165 valence electrons. The molecule has 0 aromatic heterocycles. The Morgan fingerprint density at radius 3 is 0.346 bits per heavy atom. The summed E-state index contributed by atoms with van der Waals surface area (Å²) in [5, 5.41) is 48.2. The van der Waals surface area contributed by atoms with Gasteiger partial charge in [-0.25, -0.2) is 0 Å². The molecule has 0 amide bonds. The van der Waals surface area contributed by atoms with E-state index in [1.54, 1.807) is 0 Å². The maximum Gasteiger partial charge on any atom is 0.0420 e. The van der Waals surface area contributed by atoms with Crippen molar-refractivity contribution in [2.75, 3.05) is 0 Å². The summed E-state index contributed by atoms with van der Waals surface area (Å²) >= 11 is 47.4. The van der Waals surface area contributed by atoms with Crippen LogP contribution in [0, 0.1) is 0 Å². The van der Waals surface area contributed by atoms with Gasteiger partial charge in [0, 0.05) is 41.2 Å². The van der Waals surface area contributed by atoms with Crippen molar-refractivity contribution in [3.8, 4) is 0 Å². The molecule has 26 heavy (non-hydrogen) atoms. The standard InChI is InChI=1S/5C2H3Cl2O.V/c5*1-2(3,4)5;/h5*1H3;/q5*-1;. The molecular weight excluding hydrogens is 606 g/mol. The van der Waals surface area contributed by atoms with Gasteiger partial charge in [-0.15, -0.1) is 116 Å². The van der Waals surface area contributed by atoms with Crippen molar-refractivity contribution in [1.82, 2.24) is 0 Å². The summed E-state index contributed by atoms with van der Waals surface area (Å²) in [4.78, 5) is 0. The first-order chi connectivity index (χ1) is 10.0. The van der Waals surface area contributed by atoms with E-state index in [1.165, 1.54) is 0 Å². The van der Waals surface area contributed by atoms with E-state index in [1.807, 2.05) is 0 Å². The predicted molar refractivity (Wildman–Crippen MR) is 101 cm³/mol. The number of hydrogen-bond donors (Lipinski definition) is 0. The Kier molecular flexibility index (Phi) is 31.6. The fourth-order valence-corrected chi connectivity index (χ4v) is 0. The van der Waals surface area contributed by atoms with Crippen molar-refractivity contribution in [2.24, 2.45) is 0 Å². The minimum atomic E-state index is -1.81. The summed E-state index contributed by atoms with van der Waals surface area (Å²) in [6.07, 6.45) is 0. The van der Waals surface area contributed by atoms with Crippen LogP contribution in [-0.2, 0) is 18.6 Å². The summed E-state index contributed by atoms with van der Waals surface area (Å²) in [7, 11) is 0. The zero-order chi connectivity index (χ0) is 22.5. The molecule has 0 spiro atoms. The van der Waals surface area contributed by atoms with Gasteiger partial charge in [0.1, 0.15) is 0 Å². The zero-order valence-corrected chi connectivity index (χ0v) is 22.7. The van der Waals surface area contributed by atoms with Crippen molar-refractivity contribution < 1.29 is 44.1 Å². The molecule has 0 atom stereocenters. The third-order valence-electron chi connectivity index (χ3n) is 0. The Hall–Kier alpha value is 3.28. The molecule has 0 bridgehead atoms. The van der Waals surface area contributed by atoms with Crippen molar-refractivity contribution in [2.45, 2.75) is 57.2 Å². The van der Waals surface area contributed by atoms with Crippen LogP contribution in [-0.4, -0.2) is 22.6 Å². The minimum absolute atomic E-state index is 0. The number of halogens is 10. The third-order valence-corrected chi connectivity index (χ3v) is 0. The molecule has 1 radical (unpaired) electrons. The van der Waals surface area contributed by atoms with E-state index in [0.29, 0.717) is 0 Å². The quantitative estimate of drug-likeness (QED) is 0.386. The largest absolute Gasteiger partial charge is 0.826 e. The second kappa shape index (κ2) is 19.0. The van der Waals surface area contributed by atoms with Gasteiger partial charge in [-0.1, -0.05) is 0 Å². The van der Waals surface area contributed by atoms with Gasteiger partial charge in [0.05, 0.1) is 0 Å². The molecule has 0 unspecified atom stereocenters. The van der Waals surface area contributed by atoms with Crippen molar-refractivity contribution in [3.05, 3.63) is 0 Å². The van der Waals surface area contributed by atoms with Crippen molar-refractivity contribution >= 4 is 116 Å². The molecule has 0 aliphatic heterocycles. The molecule has 0 heterocycles. The monoisotopic (exact) mass is 616 g/mol. The van der Waals surface area contributed by atoms with Crippen LogP contribution >= 0.6 is 116 Å². The van der Waals surface area contributed by atoms with E-state index in [9.17, 15) is 25.5 Å². The Balaban J connectivity index is -0.0000000476. The Morgan fingerprint density at radius 1 is 0.346 bits per heavy atom. The first kappa shape index (κ1) is 43.2. The van der Waals surface area contributed by atoms with Crippen LogP contribution in [0.5, 0.6) is 0 Å². The van der Waals surface area contributed by atoms with Crippen LogP contribution in [0.1, 0.15) is 34.6 Å². The molecule has 0 saturated carbocycles. The van der Waals surface area contributed by atoms with Crippen molar-refractivity contribution in [3.63, 3.8) is 0 Å². The van der Waals surface area contributed by atoms with Crippen LogP contribution in [0.4, 0.5) is 0 Å². The summed E-state index contributed by atoms with van der Waals surface area (Å²) < 4.78 is -9.03. The molecule has 0 aromatic carbocycles. The maximum absolute atomic E-state index is 9.64. The van der Waals surface area contributed by atoms with Crippen LogP contribution in [0.3, 0.4) is 0 Å². The summed E-state index contributed by atoms with van der Waals surface area (Å²) in [6, 6.07) is 0. The summed E-state index contributed by atoms with van der Waals surface area (Å²) in [6.45, 7) is 5.81. The predicted octanol–water partition coefficient (Wildman–Crippen LogP) is 2.49. The van der Waals surface area contributed by atoms with Crippen LogP contribution in [0.25, 0.3) is 0 Å². The van der Waals surface area contributed by atoms with E-state index < -0.39 is 22.6 Å². The van der Waals surface area contributed by atoms with Gasteiger partial charge in [-0.05, 0) is 34.6 Å². The van der Waals surface area contributed by atoms with Gasteiger partial charge in [0.15, 0.2) is 0 Å². The van der Waals surface area contributed by atoms with E-state index >= 15 is 0 Å². The molecular formula is C10H15Cl10O5V-5. The third kappa shape index (κ3) is 1750. The summed E-state index contributed by atoms with van der Waals surface area (Å²) in [5.74, 6) is 0. The van der Waals surface area contributed by atoms with Gasteiger partial charge in [0.2, 0.25) is 0 Å². The first-order valence-corrected chi connectivity index (χ1v) is 9.19. The van der Waals surface area contributed by atoms with Gasteiger partial charge in [-0.2, -0.15) is 0 Å². The average Bonchev–Trinajstić information content (AvgIpc) is 1.79. The first-order valence-electron chi connectivity index (χ1n) is 5.41. The molecule has 0 rings (SSSR count). The second-order valence-electron chi connectivity index (χ2n) is 4.04. The Labute approximate surface area is 215 Å². The molecule has 5 nitrogen and oxygen atoms in total. The SMILES string of the molecule is CC([O-])(Cl)Cl.CC([O-])(Cl)Cl.CC([O-])(Cl)Cl.CC([O-])(Cl)Cl.CC([O-])(Cl)Cl.[V]. The Morgan fingerprint density at radius 2 is 0.346 bits per heavy atom. The zero-order valence-electron chi connectivity index (χ0n) is 13.8. The summed E-state index contributed by atoms with van der Waals surface area (Å²) in [5.41, 5.74) is 0. The smallest absolute Gasteiger partial charge is 0.0420 e. The molecule has 16 heteroatoms. The molecule has 0 aromatic rings. The maximum atomic E-state index is 9.64. The second-order valence-corrected chi connectivity index (χ2v) is 12.2. The van der Waals surface area contributed by atoms with Gasteiger partial charge in [-0.3, -0.25) is 0 Å². The minimum Gasteiger partial charge on any atom is -0.826 e. The molecule has 0 aliphatic carbocycles. The topological polar surface area (TPSA) is 115 Å². The molecule has 0 aliphatic rings. The Bertz CT molecular complexity index is 191. The average molecular weight is 621 g/mol. The molecule has 0 N–H and O–H groups in total. The number of alkyl halides is 10. The van der Waals surface area contributed by atoms with E-state index in [0.717, 1.165) is 34.6 Å². The van der Waals surface area contributed by atoms with Gasteiger partial charge >= 0.3 is 0 Å². The number of rotatable bonds is 0. The fourth-order valence-electron chi connectivity index (χ4n) is 0. The van der Waals surface area contributed by atoms with E-state index in [2.05, 4.69) is 0 Å². The van der Waals surface area contributed by atoms with E-state index in [-0.39, 0.29) is 18.6 Å². The van der Waals surface area contributed by atoms with Crippen LogP contribution in [0.15, 0.2) is 0 Å². The fraction of sp³-hybridized carbons (Fsp3) is 1.00. The molecule has 0 fully saturated rings. The van der Waals surface area contributed by atoms with E-state index in [4.69, 9.17) is 116 Å². The number of hydrogen-bond acceptors (Lipinski definition) is 5. The normalized spacial score (nSPS) is 11.5. The van der Waals surface area contributed by atoms with Gasteiger partial charge in [0.25, 0.3) is 0 Å². The van der Waals surface area contributed by atoms with Crippen molar-refractivity contribution in [1.29, 1.82) is 0 Å². The molecule has 0 saturated heterocycles. The van der Waals surface area contributed by atoms with Crippen LogP contribution < -0.4 is 25.5 Å². The van der Waals surface area contributed by atoms with Gasteiger partial charge < -0.3 is 25.5 Å².